The van der Waals surface area contributed by atoms with E-state index in [-0.39, 0.29) is 12.3 Å². The predicted octanol–water partition coefficient (Wildman–Crippen LogP) is 2.92. The van der Waals surface area contributed by atoms with Gasteiger partial charge in [0.1, 0.15) is 6.17 Å². The van der Waals surface area contributed by atoms with Crippen molar-refractivity contribution in [3.63, 3.8) is 0 Å². The Labute approximate surface area is 98.7 Å². The van der Waals surface area contributed by atoms with Crippen LogP contribution in [0.25, 0.3) is 10.9 Å². The minimum atomic E-state index is -1.14. The Hall–Kier alpha value is -1.97. The average molecular weight is 232 g/mol. The van der Waals surface area contributed by atoms with Gasteiger partial charge >= 0.3 is 0 Å². The molecule has 0 bridgehead atoms. The van der Waals surface area contributed by atoms with Gasteiger partial charge in [-0.3, -0.25) is 9.78 Å². The molecule has 0 saturated carbocycles. The van der Waals surface area contributed by atoms with Gasteiger partial charge in [0.2, 0.25) is 5.91 Å². The summed E-state index contributed by atoms with van der Waals surface area (Å²) >= 11 is 0. The van der Waals surface area contributed by atoms with Crippen LogP contribution in [0.1, 0.15) is 13.3 Å². The summed E-state index contributed by atoms with van der Waals surface area (Å²) in [6, 6.07) is 9.25. The third-order valence-corrected chi connectivity index (χ3v) is 2.37. The topological polar surface area (TPSA) is 42.0 Å². The van der Waals surface area contributed by atoms with Gasteiger partial charge in [-0.25, -0.2) is 4.39 Å². The van der Waals surface area contributed by atoms with Crippen LogP contribution in [0, 0.1) is 0 Å². The van der Waals surface area contributed by atoms with Crippen LogP contribution in [0.5, 0.6) is 0 Å². The predicted molar refractivity (Wildman–Crippen MR) is 65.6 cm³/mol. The van der Waals surface area contributed by atoms with Crippen LogP contribution in [0.2, 0.25) is 0 Å². The Kier molecular flexibility index (Phi) is 3.32. The molecule has 88 valence electrons. The van der Waals surface area contributed by atoms with E-state index in [9.17, 15) is 9.18 Å². The second-order valence-corrected chi connectivity index (χ2v) is 3.91. The number of hydrogen-bond acceptors (Lipinski definition) is 2. The van der Waals surface area contributed by atoms with E-state index in [1.54, 1.807) is 12.3 Å². The minimum Gasteiger partial charge on any atom is -0.324 e. The fourth-order valence-corrected chi connectivity index (χ4v) is 1.66. The molecule has 2 rings (SSSR count). The summed E-state index contributed by atoms with van der Waals surface area (Å²) in [4.78, 5) is 15.7. The number of nitrogens with zero attached hydrogens (tertiary/aromatic N) is 1. The molecule has 1 N–H and O–H groups in total. The van der Waals surface area contributed by atoms with Crippen molar-refractivity contribution in [1.29, 1.82) is 0 Å². The molecule has 1 heterocycles. The van der Waals surface area contributed by atoms with Crippen LogP contribution in [-0.2, 0) is 4.79 Å². The van der Waals surface area contributed by atoms with E-state index >= 15 is 0 Å². The van der Waals surface area contributed by atoms with E-state index in [2.05, 4.69) is 10.3 Å². The number of amides is 1. The summed E-state index contributed by atoms with van der Waals surface area (Å²) in [5.74, 6) is -0.335. The molecule has 0 aliphatic rings. The largest absolute Gasteiger partial charge is 0.324 e. The van der Waals surface area contributed by atoms with Crippen LogP contribution in [0.3, 0.4) is 0 Å². The van der Waals surface area contributed by atoms with Crippen molar-refractivity contribution in [3.05, 3.63) is 36.5 Å². The first-order chi connectivity index (χ1) is 8.16. The molecule has 3 nitrogen and oxygen atoms in total. The van der Waals surface area contributed by atoms with Gasteiger partial charge in [-0.15, -0.1) is 0 Å². The van der Waals surface area contributed by atoms with Crippen molar-refractivity contribution < 1.29 is 9.18 Å². The first kappa shape index (κ1) is 11.5. The SMILES string of the molecule is CC(F)CC(=O)Nc1cccc2cccnc12. The quantitative estimate of drug-likeness (QED) is 0.884. The highest BCUT2D eigenvalue weighted by atomic mass is 19.1. The smallest absolute Gasteiger partial charge is 0.227 e. The lowest BCUT2D eigenvalue weighted by molar-refractivity contribution is -0.117. The van der Waals surface area contributed by atoms with Crippen LogP contribution in [-0.4, -0.2) is 17.1 Å². The molecule has 1 aromatic heterocycles. The summed E-state index contributed by atoms with van der Waals surface area (Å²) in [7, 11) is 0. The van der Waals surface area contributed by atoms with Gasteiger partial charge in [0.25, 0.3) is 0 Å². The van der Waals surface area contributed by atoms with E-state index in [0.29, 0.717) is 5.69 Å². The molecule has 1 aromatic carbocycles. The number of halogens is 1. The van der Waals surface area contributed by atoms with Crippen molar-refractivity contribution in [1.82, 2.24) is 4.98 Å². The van der Waals surface area contributed by atoms with Crippen LogP contribution in [0.4, 0.5) is 10.1 Å². The molecule has 1 amide bonds. The number of benzene rings is 1. The number of anilines is 1. The van der Waals surface area contributed by atoms with E-state index in [1.807, 2.05) is 24.3 Å². The van der Waals surface area contributed by atoms with Crippen molar-refractivity contribution in [2.45, 2.75) is 19.5 Å². The number of hydrogen-bond donors (Lipinski definition) is 1. The van der Waals surface area contributed by atoms with Gasteiger partial charge in [-0.05, 0) is 19.1 Å². The zero-order valence-corrected chi connectivity index (χ0v) is 9.48. The number of nitrogens with one attached hydrogen (secondary N) is 1. The lowest BCUT2D eigenvalue weighted by atomic mass is 10.2. The first-order valence-corrected chi connectivity index (χ1v) is 5.44. The van der Waals surface area contributed by atoms with Crippen LogP contribution >= 0.6 is 0 Å². The maximum Gasteiger partial charge on any atom is 0.227 e. The Morgan fingerprint density at radius 2 is 2.18 bits per heavy atom. The van der Waals surface area contributed by atoms with Gasteiger partial charge < -0.3 is 5.32 Å². The molecule has 1 atom stereocenters. The molecule has 0 aliphatic heterocycles. The number of pyridine rings is 1. The fourth-order valence-electron chi connectivity index (χ4n) is 1.66. The van der Waals surface area contributed by atoms with Gasteiger partial charge in [-0.1, -0.05) is 18.2 Å². The third-order valence-electron chi connectivity index (χ3n) is 2.37. The van der Waals surface area contributed by atoms with Crippen LogP contribution in [0.15, 0.2) is 36.5 Å². The highest BCUT2D eigenvalue weighted by Crippen LogP contribution is 2.20. The molecule has 0 saturated heterocycles. The maximum absolute atomic E-state index is 12.7. The van der Waals surface area contributed by atoms with E-state index in [4.69, 9.17) is 0 Å². The number of fused-ring (bicyclic) bond motifs is 1. The molecule has 2 aromatic rings. The summed E-state index contributed by atoms with van der Waals surface area (Å²) in [5, 5.41) is 3.62. The summed E-state index contributed by atoms with van der Waals surface area (Å²) in [6.45, 7) is 1.36. The normalized spacial score (nSPS) is 12.4. The second-order valence-electron chi connectivity index (χ2n) is 3.91. The molecular weight excluding hydrogens is 219 g/mol. The molecule has 17 heavy (non-hydrogen) atoms. The van der Waals surface area contributed by atoms with Gasteiger partial charge in [0.05, 0.1) is 17.6 Å². The van der Waals surface area contributed by atoms with Crippen LogP contribution < -0.4 is 5.32 Å². The molecule has 0 fully saturated rings. The number of para-hydroxylation sites is 1. The van der Waals surface area contributed by atoms with Gasteiger partial charge in [0.15, 0.2) is 0 Å². The fraction of sp³-hybridized carbons (Fsp3) is 0.231. The Bertz CT molecular complexity index is 534. The average Bonchev–Trinajstić information content (AvgIpc) is 2.28. The Balaban J connectivity index is 2.27. The lowest BCUT2D eigenvalue weighted by Crippen LogP contribution is -2.15. The maximum atomic E-state index is 12.7. The molecular formula is C13H13FN2O. The van der Waals surface area contributed by atoms with Crippen molar-refractivity contribution in [2.75, 3.05) is 5.32 Å². The number of aromatic nitrogens is 1. The van der Waals surface area contributed by atoms with Crippen molar-refractivity contribution in [3.8, 4) is 0 Å². The lowest BCUT2D eigenvalue weighted by Gasteiger charge is -2.08. The molecule has 1 unspecified atom stereocenters. The molecule has 0 aliphatic carbocycles. The summed E-state index contributed by atoms with van der Waals surface area (Å²) < 4.78 is 12.7. The second kappa shape index (κ2) is 4.91. The number of carbonyl (C=O) groups is 1. The highest BCUT2D eigenvalue weighted by molar-refractivity contribution is 6.00. The Morgan fingerprint density at radius 1 is 1.41 bits per heavy atom. The van der Waals surface area contributed by atoms with E-state index < -0.39 is 6.17 Å². The summed E-state index contributed by atoms with van der Waals surface area (Å²) in [6.07, 6.45) is 0.386. The summed E-state index contributed by atoms with van der Waals surface area (Å²) in [5.41, 5.74) is 1.34. The molecule has 0 radical (unpaired) electrons. The van der Waals surface area contributed by atoms with E-state index in [1.165, 1.54) is 6.92 Å². The standard InChI is InChI=1S/C13H13FN2O/c1-9(14)8-12(17)16-11-6-2-4-10-5-3-7-15-13(10)11/h2-7,9H,8H2,1H3,(H,16,17). The zero-order chi connectivity index (χ0) is 12.3. The van der Waals surface area contributed by atoms with E-state index in [0.717, 1.165) is 10.9 Å². The molecule has 0 spiro atoms. The van der Waals surface area contributed by atoms with Crippen molar-refractivity contribution >= 4 is 22.5 Å². The highest BCUT2D eigenvalue weighted by Gasteiger charge is 2.09. The minimum absolute atomic E-state index is 0.136. The van der Waals surface area contributed by atoms with Gasteiger partial charge in [0, 0.05) is 11.6 Å². The molecule has 4 heteroatoms. The number of carbonyl (C=O) groups excluding carboxylic acids is 1. The monoisotopic (exact) mass is 232 g/mol. The Morgan fingerprint density at radius 3 is 2.94 bits per heavy atom. The third kappa shape index (κ3) is 2.78. The zero-order valence-electron chi connectivity index (χ0n) is 9.48. The first-order valence-electron chi connectivity index (χ1n) is 5.44. The van der Waals surface area contributed by atoms with Crippen molar-refractivity contribution in [2.24, 2.45) is 0 Å². The number of rotatable bonds is 3. The van der Waals surface area contributed by atoms with Gasteiger partial charge in [-0.2, -0.15) is 0 Å². The number of alkyl halides is 1.